The van der Waals surface area contributed by atoms with Crippen molar-refractivity contribution in [2.24, 2.45) is 22.7 Å². The van der Waals surface area contributed by atoms with Gasteiger partial charge in [0.25, 0.3) is 0 Å². The number of amides is 3. The molecule has 2 heterocycles. The van der Waals surface area contributed by atoms with E-state index in [0.29, 0.717) is 55.7 Å². The Balaban J connectivity index is 1.47. The normalized spacial score (nSPS) is 19.6. The minimum Gasteiger partial charge on any atom is -0.493 e. The highest BCUT2D eigenvalue weighted by molar-refractivity contribution is 14.1. The Morgan fingerprint density at radius 3 is 2.37 bits per heavy atom. The van der Waals surface area contributed by atoms with Crippen LogP contribution < -0.4 is 10.1 Å². The molecule has 2 fully saturated rings. The highest BCUT2D eigenvalue weighted by atomic mass is 127. The maximum Gasteiger partial charge on any atom is 0.325 e. The van der Waals surface area contributed by atoms with Gasteiger partial charge in [-0.15, -0.1) is 0 Å². The van der Waals surface area contributed by atoms with Gasteiger partial charge in [0, 0.05) is 63.4 Å². The number of benzene rings is 1. The van der Waals surface area contributed by atoms with E-state index in [0.717, 1.165) is 39.1 Å². The highest BCUT2D eigenvalue weighted by Gasteiger charge is 2.36. The summed E-state index contributed by atoms with van der Waals surface area (Å²) in [6.07, 6.45) is 17.0. The number of allylic oxidation sites excluding steroid dienone is 3. The number of piperidine rings is 1. The number of hydrogen-bond donors (Lipinski definition) is 1. The Hall–Kier alpha value is -2.92. The van der Waals surface area contributed by atoms with Gasteiger partial charge in [0.15, 0.2) is 0 Å². The molecule has 5 rings (SSSR count). The van der Waals surface area contributed by atoms with E-state index in [2.05, 4.69) is 99.8 Å². The summed E-state index contributed by atoms with van der Waals surface area (Å²) >= 11 is 8.65. The number of hydrogen-bond acceptors (Lipinski definition) is 5. The zero-order chi connectivity index (χ0) is 39.0. The molecule has 0 radical (unpaired) electrons. The first-order valence-electron chi connectivity index (χ1n) is 20.0. The van der Waals surface area contributed by atoms with Gasteiger partial charge >= 0.3 is 6.03 Å². The van der Waals surface area contributed by atoms with Crippen LogP contribution in [0.3, 0.4) is 0 Å². The lowest BCUT2D eigenvalue weighted by atomic mass is 9.83. The number of likely N-dealkylation sites (tertiary alicyclic amines) is 1. The number of amidine groups is 1. The first-order chi connectivity index (χ1) is 25.6. The van der Waals surface area contributed by atoms with E-state index in [1.54, 1.807) is 0 Å². The predicted molar refractivity (Wildman–Crippen MR) is 229 cm³/mol. The van der Waals surface area contributed by atoms with Crippen molar-refractivity contribution >= 4 is 52.0 Å². The first-order valence-corrected chi connectivity index (χ1v) is 21.5. The van der Waals surface area contributed by atoms with E-state index in [1.807, 2.05) is 41.1 Å². The Labute approximate surface area is 342 Å². The summed E-state index contributed by atoms with van der Waals surface area (Å²) in [6.45, 7) is 16.7. The SMILES string of the molecule is CCOc1cc(C(C)(C)C)ncc1/C(=N/C(C)(C)C1C=CC(Cl)=CC1)N(Cc1ccc(I)cc1)C(=O)N1CCC(CC(=O)N[C@@H](C)C2CCCCC2)CC1. The van der Waals surface area contributed by atoms with Crippen molar-refractivity contribution in [1.29, 1.82) is 0 Å². The summed E-state index contributed by atoms with van der Waals surface area (Å²) in [5, 5.41) is 4.04. The van der Waals surface area contributed by atoms with Crippen LogP contribution in [-0.2, 0) is 16.8 Å². The molecule has 1 aromatic carbocycles. The predicted octanol–water partition coefficient (Wildman–Crippen LogP) is 10.4. The lowest BCUT2D eigenvalue weighted by Crippen LogP contribution is -2.50. The van der Waals surface area contributed by atoms with Crippen LogP contribution in [0.4, 0.5) is 4.79 Å². The number of aliphatic imine (C=N–C) groups is 1. The van der Waals surface area contributed by atoms with Crippen LogP contribution in [0.2, 0.25) is 0 Å². The minimum absolute atomic E-state index is 0.0605. The number of carbonyl (C=O) groups is 2. The molecule has 54 heavy (non-hydrogen) atoms. The third-order valence-electron chi connectivity index (χ3n) is 11.4. The van der Waals surface area contributed by atoms with Crippen molar-refractivity contribution in [3.8, 4) is 5.75 Å². The number of carbonyl (C=O) groups excluding carboxylic acids is 2. The van der Waals surface area contributed by atoms with Gasteiger partial charge in [-0.1, -0.05) is 75.9 Å². The lowest BCUT2D eigenvalue weighted by molar-refractivity contribution is -0.123. The molecule has 1 N–H and O–H groups in total. The number of pyridine rings is 1. The second-order valence-electron chi connectivity index (χ2n) is 17.0. The first kappa shape index (κ1) is 42.2. The smallest absolute Gasteiger partial charge is 0.325 e. The molecule has 1 unspecified atom stereocenters. The molecule has 1 aliphatic heterocycles. The molecule has 2 aliphatic carbocycles. The average molecular weight is 870 g/mol. The van der Waals surface area contributed by atoms with E-state index in [1.165, 1.54) is 32.1 Å². The maximum absolute atomic E-state index is 15.0. The molecule has 2 aromatic rings. The number of ether oxygens (including phenoxy) is 1. The number of aromatic nitrogens is 1. The van der Waals surface area contributed by atoms with Gasteiger partial charge in [-0.05, 0) is 118 Å². The fraction of sp³-hybridized carbons (Fsp3) is 0.591. The Kier molecular flexibility index (Phi) is 14.7. The second-order valence-corrected chi connectivity index (χ2v) is 18.7. The van der Waals surface area contributed by atoms with Gasteiger partial charge in [0.05, 0.1) is 24.3 Å². The third kappa shape index (κ3) is 11.3. The van der Waals surface area contributed by atoms with E-state index in [9.17, 15) is 4.79 Å². The fourth-order valence-corrected chi connectivity index (χ4v) is 8.38. The third-order valence-corrected chi connectivity index (χ3v) is 12.4. The monoisotopic (exact) mass is 869 g/mol. The zero-order valence-electron chi connectivity index (χ0n) is 33.5. The summed E-state index contributed by atoms with van der Waals surface area (Å²) in [6, 6.07) is 10.4. The van der Waals surface area contributed by atoms with Gasteiger partial charge < -0.3 is 15.0 Å². The van der Waals surface area contributed by atoms with Crippen molar-refractivity contribution in [3.63, 3.8) is 0 Å². The van der Waals surface area contributed by atoms with Crippen LogP contribution in [0.5, 0.6) is 5.75 Å². The topological polar surface area (TPSA) is 87.1 Å². The molecular weight excluding hydrogens is 809 g/mol. The van der Waals surface area contributed by atoms with Crippen molar-refractivity contribution in [2.75, 3.05) is 19.7 Å². The van der Waals surface area contributed by atoms with E-state index >= 15 is 4.79 Å². The molecule has 0 spiro atoms. The summed E-state index contributed by atoms with van der Waals surface area (Å²) in [5.74, 6) is 2.20. The molecule has 1 saturated heterocycles. The summed E-state index contributed by atoms with van der Waals surface area (Å²) in [7, 11) is 0. The van der Waals surface area contributed by atoms with Crippen LogP contribution in [0.25, 0.3) is 0 Å². The van der Waals surface area contributed by atoms with Crippen LogP contribution in [-0.4, -0.2) is 63.8 Å². The van der Waals surface area contributed by atoms with Gasteiger partial charge in [-0.25, -0.2) is 4.79 Å². The molecule has 10 heteroatoms. The van der Waals surface area contributed by atoms with E-state index < -0.39 is 5.54 Å². The molecule has 294 valence electrons. The fourth-order valence-electron chi connectivity index (χ4n) is 7.86. The molecule has 8 nitrogen and oxygen atoms in total. The van der Waals surface area contributed by atoms with E-state index in [-0.39, 0.29) is 35.2 Å². The number of rotatable bonds is 11. The molecule has 0 bridgehead atoms. The number of nitrogens with one attached hydrogen (secondary N) is 1. The quantitative estimate of drug-likeness (QED) is 0.138. The molecule has 3 aliphatic rings. The van der Waals surface area contributed by atoms with Crippen molar-refractivity contribution < 1.29 is 14.3 Å². The number of halogens is 2. The van der Waals surface area contributed by atoms with Crippen molar-refractivity contribution in [2.45, 2.75) is 130 Å². The second kappa shape index (κ2) is 18.8. The highest BCUT2D eigenvalue weighted by Crippen LogP contribution is 2.35. The van der Waals surface area contributed by atoms with Gasteiger partial charge in [-0.2, -0.15) is 0 Å². The molecule has 3 amide bonds. The van der Waals surface area contributed by atoms with Crippen LogP contribution >= 0.6 is 34.2 Å². The largest absolute Gasteiger partial charge is 0.493 e. The maximum atomic E-state index is 15.0. The number of urea groups is 1. The van der Waals surface area contributed by atoms with Gasteiger partial charge in [0.2, 0.25) is 5.91 Å². The van der Waals surface area contributed by atoms with Crippen LogP contribution in [0, 0.1) is 21.3 Å². The zero-order valence-corrected chi connectivity index (χ0v) is 36.4. The summed E-state index contributed by atoms with van der Waals surface area (Å²) in [5.41, 5.74) is 1.77. The molecule has 2 atom stereocenters. The average Bonchev–Trinajstić information content (AvgIpc) is 3.14. The molecular formula is C44H61ClIN5O3. The Morgan fingerprint density at radius 1 is 1.07 bits per heavy atom. The molecule has 1 aromatic heterocycles. The summed E-state index contributed by atoms with van der Waals surface area (Å²) < 4.78 is 7.46. The standard InChI is InChI=1S/C44H61ClIN5O3/c1-8-54-38-27-39(43(3,4)5)47-28-37(38)41(49-44(6,7)34-16-18-35(45)19-17-34)51(29-32-14-20-36(46)21-15-32)42(53)50-24-22-31(23-25-50)26-40(52)48-30(2)33-12-10-9-11-13-33/h14-16,18-21,27-28,30-31,33-34H,8-13,17,22-26,29H2,1-7H3,(H,48,52)/b49-41-/t30-,34?/m0/s1. The van der Waals surface area contributed by atoms with Crippen molar-refractivity contribution in [1.82, 2.24) is 20.1 Å². The van der Waals surface area contributed by atoms with E-state index in [4.69, 9.17) is 26.3 Å². The lowest BCUT2D eigenvalue weighted by Gasteiger charge is -2.38. The minimum atomic E-state index is -0.605. The number of nitrogens with zero attached hydrogens (tertiary/aromatic N) is 4. The van der Waals surface area contributed by atoms with Crippen LogP contribution in [0.1, 0.15) is 123 Å². The van der Waals surface area contributed by atoms with Crippen molar-refractivity contribution in [3.05, 3.63) is 80.2 Å². The Morgan fingerprint density at radius 2 is 1.76 bits per heavy atom. The van der Waals surface area contributed by atoms with Crippen LogP contribution in [0.15, 0.2) is 64.8 Å². The van der Waals surface area contributed by atoms with Gasteiger partial charge in [-0.3, -0.25) is 19.7 Å². The van der Waals surface area contributed by atoms with Gasteiger partial charge in [0.1, 0.15) is 11.6 Å². The Bertz CT molecular complexity index is 1680. The molecule has 1 saturated carbocycles. The summed E-state index contributed by atoms with van der Waals surface area (Å²) in [4.78, 5) is 42.4.